The second kappa shape index (κ2) is 7.11. The third-order valence-electron chi connectivity index (χ3n) is 9.72. The zero-order chi connectivity index (χ0) is 20.3. The first kappa shape index (κ1) is 20.4. The quantitative estimate of drug-likeness (QED) is 0.719. The van der Waals surface area contributed by atoms with Crippen LogP contribution in [-0.4, -0.2) is 29.1 Å². The molecular formula is C24H38O4. The first-order valence-corrected chi connectivity index (χ1v) is 11.6. The maximum atomic E-state index is 13.1. The van der Waals surface area contributed by atoms with Gasteiger partial charge in [-0.3, -0.25) is 9.59 Å². The van der Waals surface area contributed by atoms with Gasteiger partial charge in [0.1, 0.15) is 0 Å². The molecular weight excluding hydrogens is 352 g/mol. The molecule has 0 amide bonds. The zero-order valence-electron chi connectivity index (χ0n) is 18.1. The summed E-state index contributed by atoms with van der Waals surface area (Å²) < 4.78 is 5.24. The number of aliphatic hydroxyl groups excluding tert-OH is 1. The lowest BCUT2D eigenvalue weighted by molar-refractivity contribution is -0.158. The highest BCUT2D eigenvalue weighted by Gasteiger charge is 2.61. The van der Waals surface area contributed by atoms with Crippen molar-refractivity contribution >= 4 is 11.8 Å². The fourth-order valence-electron chi connectivity index (χ4n) is 8.29. The number of fused-ring (bicyclic) bond motifs is 5. The average Bonchev–Trinajstić information content (AvgIpc) is 2.98. The number of carbonyl (C=O) groups excluding carboxylic acids is 2. The van der Waals surface area contributed by atoms with Crippen molar-refractivity contribution in [2.75, 3.05) is 0 Å². The number of Topliss-reactive ketones (excluding diaryl/α,β-unsaturated/α-hetero) is 1. The number of rotatable bonds is 3. The molecule has 1 N–H and O–H groups in total. The van der Waals surface area contributed by atoms with E-state index in [4.69, 9.17) is 4.74 Å². The Morgan fingerprint density at radius 1 is 0.964 bits per heavy atom. The normalized spacial score (nSPS) is 48.8. The molecule has 4 saturated carbocycles. The van der Waals surface area contributed by atoms with Gasteiger partial charge in [-0.15, -0.1) is 0 Å². The van der Waals surface area contributed by atoms with E-state index in [0.717, 1.165) is 50.4 Å². The molecule has 4 aliphatic carbocycles. The molecule has 1 unspecified atom stereocenters. The van der Waals surface area contributed by atoms with Gasteiger partial charge in [-0.2, -0.15) is 0 Å². The van der Waals surface area contributed by atoms with E-state index in [9.17, 15) is 14.7 Å². The molecule has 28 heavy (non-hydrogen) atoms. The summed E-state index contributed by atoms with van der Waals surface area (Å²) in [6.45, 7) is 7.98. The molecule has 0 saturated heterocycles. The molecule has 4 aliphatic rings. The first-order chi connectivity index (χ1) is 13.2. The van der Waals surface area contributed by atoms with Gasteiger partial charge in [0.25, 0.3) is 0 Å². The summed E-state index contributed by atoms with van der Waals surface area (Å²) in [4.78, 5) is 24.4. The molecule has 0 heterocycles. The first-order valence-electron chi connectivity index (χ1n) is 11.6. The summed E-state index contributed by atoms with van der Waals surface area (Å²) in [6.07, 6.45) is 9.32. The molecule has 4 nitrogen and oxygen atoms in total. The number of hydrogen-bond acceptors (Lipinski definition) is 4. The van der Waals surface area contributed by atoms with Crippen LogP contribution in [0, 0.1) is 40.4 Å². The lowest BCUT2D eigenvalue weighted by atomic mass is 9.44. The Morgan fingerprint density at radius 3 is 2.36 bits per heavy atom. The molecule has 9 atom stereocenters. The van der Waals surface area contributed by atoms with Gasteiger partial charge in [0, 0.05) is 12.8 Å². The highest BCUT2D eigenvalue weighted by Crippen LogP contribution is 2.67. The predicted molar refractivity (Wildman–Crippen MR) is 107 cm³/mol. The summed E-state index contributed by atoms with van der Waals surface area (Å²) >= 11 is 0. The van der Waals surface area contributed by atoms with Crippen LogP contribution in [0.5, 0.6) is 0 Å². The minimum atomic E-state index is -0.621. The van der Waals surface area contributed by atoms with Gasteiger partial charge in [-0.05, 0) is 99.2 Å². The fourth-order valence-corrected chi connectivity index (χ4v) is 8.29. The van der Waals surface area contributed by atoms with Crippen molar-refractivity contribution in [2.24, 2.45) is 40.4 Å². The maximum Gasteiger partial charge on any atom is 0.303 e. The van der Waals surface area contributed by atoms with E-state index in [1.54, 1.807) is 6.92 Å². The summed E-state index contributed by atoms with van der Waals surface area (Å²) in [7, 11) is 0. The summed E-state index contributed by atoms with van der Waals surface area (Å²) in [5, 5.41) is 10.2. The van der Waals surface area contributed by atoms with E-state index in [-0.39, 0.29) is 29.2 Å². The van der Waals surface area contributed by atoms with Gasteiger partial charge in [0.15, 0.2) is 11.9 Å². The Balaban J connectivity index is 1.54. The highest BCUT2D eigenvalue weighted by atomic mass is 16.5. The molecule has 158 valence electrons. The Hall–Kier alpha value is -0.900. The lowest BCUT2D eigenvalue weighted by Crippen LogP contribution is -2.54. The summed E-state index contributed by atoms with van der Waals surface area (Å²) in [5.41, 5.74) is 0.431. The van der Waals surface area contributed by atoms with Crippen molar-refractivity contribution in [2.45, 2.75) is 97.7 Å². The largest absolute Gasteiger partial charge is 0.455 e. The highest BCUT2D eigenvalue weighted by molar-refractivity contribution is 5.88. The van der Waals surface area contributed by atoms with Crippen LogP contribution in [0.15, 0.2) is 0 Å². The number of carbonyl (C=O) groups is 2. The Labute approximate surface area is 169 Å². The molecule has 0 aromatic rings. The van der Waals surface area contributed by atoms with Gasteiger partial charge in [-0.25, -0.2) is 0 Å². The van der Waals surface area contributed by atoms with Gasteiger partial charge in [-0.1, -0.05) is 13.8 Å². The van der Waals surface area contributed by atoms with Crippen LogP contribution in [0.2, 0.25) is 0 Å². The maximum absolute atomic E-state index is 13.1. The molecule has 0 bridgehead atoms. The number of hydrogen-bond donors (Lipinski definition) is 1. The third kappa shape index (κ3) is 3.05. The van der Waals surface area contributed by atoms with Crippen molar-refractivity contribution in [1.82, 2.24) is 0 Å². The Morgan fingerprint density at radius 2 is 1.64 bits per heavy atom. The van der Waals surface area contributed by atoms with Crippen molar-refractivity contribution in [3.05, 3.63) is 0 Å². The van der Waals surface area contributed by atoms with Crippen molar-refractivity contribution in [3.63, 3.8) is 0 Å². The molecule has 4 fully saturated rings. The number of esters is 1. The minimum Gasteiger partial charge on any atom is -0.455 e. The molecule has 0 aliphatic heterocycles. The SMILES string of the molecule is CC(=O)OC(C)C(=O)[C@H]1CC[C@H]2[C@@H]3CC[C@@H]4C[C@@H](O)CC[C@]4(C)[C@H]3CC[C@]12C. The van der Waals surface area contributed by atoms with Crippen molar-refractivity contribution in [3.8, 4) is 0 Å². The Kier molecular flexibility index (Phi) is 5.17. The van der Waals surface area contributed by atoms with Crippen LogP contribution < -0.4 is 0 Å². The third-order valence-corrected chi connectivity index (χ3v) is 9.72. The summed E-state index contributed by atoms with van der Waals surface area (Å²) in [5.74, 6) is 2.56. The van der Waals surface area contributed by atoms with E-state index < -0.39 is 6.10 Å². The van der Waals surface area contributed by atoms with Crippen LogP contribution in [0.3, 0.4) is 0 Å². The monoisotopic (exact) mass is 390 g/mol. The predicted octanol–water partition coefficient (Wildman–Crippen LogP) is 4.53. The molecule has 0 radical (unpaired) electrons. The van der Waals surface area contributed by atoms with E-state index in [1.807, 2.05) is 0 Å². The van der Waals surface area contributed by atoms with Crippen LogP contribution in [0.4, 0.5) is 0 Å². The number of ketones is 1. The van der Waals surface area contributed by atoms with Crippen molar-refractivity contribution < 1.29 is 19.4 Å². The number of ether oxygens (including phenoxy) is 1. The standard InChI is InChI=1S/C24H38O4/c1-14(28-15(2)25)22(27)21-8-7-19-18-6-5-16-13-17(26)9-11-23(16,3)20(18)10-12-24(19,21)4/h14,16-21,26H,5-13H2,1-4H3/t14?,16-,17+,18+,19+,20+,21-,23+,24+/m1/s1. The summed E-state index contributed by atoms with van der Waals surface area (Å²) in [6, 6.07) is 0. The molecule has 0 spiro atoms. The molecule has 4 rings (SSSR count). The second-order valence-electron chi connectivity index (χ2n) is 10.9. The van der Waals surface area contributed by atoms with E-state index in [2.05, 4.69) is 13.8 Å². The minimum absolute atomic E-state index is 0.0338. The molecule has 0 aromatic carbocycles. The van der Waals surface area contributed by atoms with Gasteiger partial charge in [0.05, 0.1) is 6.10 Å². The Bertz CT molecular complexity index is 645. The van der Waals surface area contributed by atoms with E-state index in [0.29, 0.717) is 17.3 Å². The van der Waals surface area contributed by atoms with Crippen LogP contribution in [0.1, 0.15) is 85.5 Å². The average molecular weight is 391 g/mol. The van der Waals surface area contributed by atoms with Crippen LogP contribution in [0.25, 0.3) is 0 Å². The van der Waals surface area contributed by atoms with E-state index in [1.165, 1.54) is 26.2 Å². The topological polar surface area (TPSA) is 63.6 Å². The van der Waals surface area contributed by atoms with Crippen LogP contribution in [-0.2, 0) is 14.3 Å². The van der Waals surface area contributed by atoms with Gasteiger partial charge < -0.3 is 9.84 Å². The van der Waals surface area contributed by atoms with Gasteiger partial charge in [0.2, 0.25) is 0 Å². The second-order valence-corrected chi connectivity index (χ2v) is 10.9. The smallest absolute Gasteiger partial charge is 0.303 e. The molecule has 4 heteroatoms. The van der Waals surface area contributed by atoms with E-state index >= 15 is 0 Å². The van der Waals surface area contributed by atoms with Crippen LogP contribution >= 0.6 is 0 Å². The van der Waals surface area contributed by atoms with Gasteiger partial charge >= 0.3 is 5.97 Å². The zero-order valence-corrected chi connectivity index (χ0v) is 18.1. The lowest BCUT2D eigenvalue weighted by Gasteiger charge is -2.60. The fraction of sp³-hybridized carbons (Fsp3) is 0.917. The molecule has 0 aromatic heterocycles. The van der Waals surface area contributed by atoms with Crippen molar-refractivity contribution in [1.29, 1.82) is 0 Å². The number of aliphatic hydroxyl groups is 1.